The summed E-state index contributed by atoms with van der Waals surface area (Å²) in [5, 5.41) is 8.74. The molecular weight excluding hydrogens is 380 g/mol. The van der Waals surface area contributed by atoms with E-state index < -0.39 is 0 Å². The molecule has 3 aromatic rings. The van der Waals surface area contributed by atoms with Crippen molar-refractivity contribution in [1.82, 2.24) is 14.7 Å². The first kappa shape index (κ1) is 17.6. The van der Waals surface area contributed by atoms with E-state index in [1.54, 1.807) is 11.3 Å². The van der Waals surface area contributed by atoms with Crippen molar-refractivity contribution in [2.24, 2.45) is 0 Å². The van der Waals surface area contributed by atoms with Gasteiger partial charge in [-0.1, -0.05) is 41.1 Å². The van der Waals surface area contributed by atoms with Crippen molar-refractivity contribution in [2.45, 2.75) is 20.1 Å². The fourth-order valence-electron chi connectivity index (χ4n) is 2.26. The van der Waals surface area contributed by atoms with Gasteiger partial charge < -0.3 is 5.32 Å². The lowest BCUT2D eigenvalue weighted by atomic mass is 10.2. The van der Waals surface area contributed by atoms with Gasteiger partial charge in [-0.25, -0.2) is 4.68 Å². The zero-order chi connectivity index (χ0) is 17.1. The second-order valence-corrected chi connectivity index (χ2v) is 8.90. The molecular formula is C16H17ClN4S3. The first-order valence-electron chi connectivity index (χ1n) is 7.34. The molecule has 4 nitrogen and oxygen atoms in total. The van der Waals surface area contributed by atoms with Gasteiger partial charge in [-0.15, -0.1) is 16.4 Å². The Hall–Kier alpha value is -1.25. The van der Waals surface area contributed by atoms with Gasteiger partial charge in [0.1, 0.15) is 0 Å². The molecule has 0 radical (unpaired) electrons. The maximum atomic E-state index is 5.98. The fourth-order valence-corrected chi connectivity index (χ4v) is 4.43. The lowest BCUT2D eigenvalue weighted by Gasteiger charge is -2.15. The van der Waals surface area contributed by atoms with E-state index in [-0.39, 0.29) is 0 Å². The molecule has 24 heavy (non-hydrogen) atoms. The van der Waals surface area contributed by atoms with E-state index in [0.717, 1.165) is 25.7 Å². The molecule has 0 fully saturated rings. The van der Waals surface area contributed by atoms with Gasteiger partial charge in [0, 0.05) is 17.1 Å². The van der Waals surface area contributed by atoms with Crippen molar-refractivity contribution in [3.05, 3.63) is 55.1 Å². The van der Waals surface area contributed by atoms with Crippen LogP contribution in [0.2, 0.25) is 4.34 Å². The molecule has 1 aromatic carbocycles. The number of aromatic nitrogens is 2. The molecule has 3 rings (SSSR count). The number of nitrogens with zero attached hydrogens (tertiary/aromatic N) is 3. The van der Waals surface area contributed by atoms with E-state index in [1.165, 1.54) is 21.8 Å². The van der Waals surface area contributed by atoms with Gasteiger partial charge in [-0.05, 0) is 50.0 Å². The number of thiophene rings is 1. The Morgan fingerprint density at radius 2 is 2.04 bits per heavy atom. The molecule has 0 saturated carbocycles. The van der Waals surface area contributed by atoms with E-state index >= 15 is 0 Å². The highest BCUT2D eigenvalue weighted by molar-refractivity contribution is 7.73. The summed E-state index contributed by atoms with van der Waals surface area (Å²) in [5.74, 6) is 0. The molecule has 0 aliphatic heterocycles. The third-order valence-electron chi connectivity index (χ3n) is 3.42. The fraction of sp³-hybridized carbons (Fsp3) is 0.250. The first-order valence-corrected chi connectivity index (χ1v) is 9.76. The molecule has 0 amide bonds. The van der Waals surface area contributed by atoms with E-state index in [4.69, 9.17) is 23.8 Å². The van der Waals surface area contributed by atoms with Crippen LogP contribution in [-0.4, -0.2) is 21.7 Å². The predicted molar refractivity (Wildman–Crippen MR) is 106 cm³/mol. The van der Waals surface area contributed by atoms with Crippen LogP contribution in [0, 0.1) is 10.9 Å². The second kappa shape index (κ2) is 7.76. The van der Waals surface area contributed by atoms with Crippen LogP contribution < -0.4 is 5.32 Å². The van der Waals surface area contributed by atoms with Crippen LogP contribution in [0.25, 0.3) is 0 Å². The normalized spacial score (nSPS) is 11.2. The average Bonchev–Trinajstić information content (AvgIpc) is 3.08. The topological polar surface area (TPSA) is 33.1 Å². The summed E-state index contributed by atoms with van der Waals surface area (Å²) in [7, 11) is 2.04. The molecule has 1 N–H and O–H groups in total. The number of nitrogens with one attached hydrogen (secondary N) is 1. The maximum absolute atomic E-state index is 5.98. The van der Waals surface area contributed by atoms with Gasteiger partial charge in [0.15, 0.2) is 3.95 Å². The van der Waals surface area contributed by atoms with Crippen molar-refractivity contribution < 1.29 is 0 Å². The molecule has 126 valence electrons. The smallest absolute Gasteiger partial charge is 0.209 e. The summed E-state index contributed by atoms with van der Waals surface area (Å²) in [5.41, 5.74) is 2.23. The highest BCUT2D eigenvalue weighted by atomic mass is 35.5. The van der Waals surface area contributed by atoms with Crippen molar-refractivity contribution in [1.29, 1.82) is 0 Å². The van der Waals surface area contributed by atoms with Crippen molar-refractivity contribution in [3.8, 4) is 0 Å². The number of halogens is 1. The molecule has 0 aliphatic carbocycles. The van der Waals surface area contributed by atoms with Gasteiger partial charge in [-0.2, -0.15) is 0 Å². The first-order chi connectivity index (χ1) is 11.5. The lowest BCUT2D eigenvalue weighted by molar-refractivity contribution is 0.247. The molecule has 2 heterocycles. The monoisotopic (exact) mass is 396 g/mol. The summed E-state index contributed by atoms with van der Waals surface area (Å²) in [6.45, 7) is 3.52. The number of hydrogen-bond acceptors (Lipinski definition) is 6. The van der Waals surface area contributed by atoms with Crippen molar-refractivity contribution in [2.75, 3.05) is 12.4 Å². The Morgan fingerprint density at radius 3 is 2.75 bits per heavy atom. The Labute approximate surface area is 159 Å². The molecule has 2 aromatic heterocycles. The SMILES string of the molecule is Cc1ccccc1Nc1nn(CN(C)Cc2ccc(Cl)s2)c(=S)s1. The van der Waals surface area contributed by atoms with Crippen molar-refractivity contribution >= 4 is 57.3 Å². The largest absolute Gasteiger partial charge is 0.330 e. The molecule has 0 saturated heterocycles. The minimum atomic E-state index is 0.639. The van der Waals surface area contributed by atoms with Gasteiger partial charge in [0.05, 0.1) is 11.0 Å². The Bertz CT molecular complexity index is 883. The average molecular weight is 397 g/mol. The number of rotatable bonds is 6. The molecule has 0 atom stereocenters. The van der Waals surface area contributed by atoms with Gasteiger partial charge >= 0.3 is 0 Å². The lowest BCUT2D eigenvalue weighted by Crippen LogP contribution is -2.22. The Kier molecular flexibility index (Phi) is 5.68. The van der Waals surface area contributed by atoms with E-state index in [0.29, 0.717) is 6.67 Å². The number of aryl methyl sites for hydroxylation is 1. The third kappa shape index (κ3) is 4.43. The summed E-state index contributed by atoms with van der Waals surface area (Å²) in [4.78, 5) is 3.39. The van der Waals surface area contributed by atoms with E-state index in [2.05, 4.69) is 34.4 Å². The summed E-state index contributed by atoms with van der Waals surface area (Å²) in [6.07, 6.45) is 0. The van der Waals surface area contributed by atoms with Crippen LogP contribution in [0.4, 0.5) is 10.8 Å². The van der Waals surface area contributed by atoms with Crippen LogP contribution in [0.5, 0.6) is 0 Å². The van der Waals surface area contributed by atoms with Gasteiger partial charge in [-0.3, -0.25) is 4.90 Å². The summed E-state index contributed by atoms with van der Waals surface area (Å²) in [6, 6.07) is 12.1. The summed E-state index contributed by atoms with van der Waals surface area (Å²) >= 11 is 14.5. The predicted octanol–water partition coefficient (Wildman–Crippen LogP) is 5.53. The van der Waals surface area contributed by atoms with Crippen LogP contribution >= 0.6 is 46.5 Å². The zero-order valence-electron chi connectivity index (χ0n) is 13.3. The van der Waals surface area contributed by atoms with Crippen LogP contribution in [0.3, 0.4) is 0 Å². The minimum absolute atomic E-state index is 0.639. The number of benzene rings is 1. The number of para-hydroxylation sites is 1. The second-order valence-electron chi connectivity index (χ2n) is 5.47. The molecule has 8 heteroatoms. The van der Waals surface area contributed by atoms with Crippen LogP contribution in [0.15, 0.2) is 36.4 Å². The number of anilines is 2. The highest BCUT2D eigenvalue weighted by Crippen LogP contribution is 2.24. The van der Waals surface area contributed by atoms with E-state index in [1.807, 2.05) is 36.0 Å². The van der Waals surface area contributed by atoms with E-state index in [9.17, 15) is 0 Å². The third-order valence-corrected chi connectivity index (χ3v) is 5.86. The zero-order valence-corrected chi connectivity index (χ0v) is 16.5. The molecule has 0 aliphatic rings. The standard InChI is InChI=1S/C16H17ClN4S3/c1-11-5-3-4-6-13(11)18-15-19-21(16(22)24-15)10-20(2)9-12-7-8-14(17)23-12/h3-8H,9-10H2,1-2H3,(H,18,19). The molecule has 0 bridgehead atoms. The maximum Gasteiger partial charge on any atom is 0.209 e. The Balaban J connectivity index is 1.67. The highest BCUT2D eigenvalue weighted by Gasteiger charge is 2.09. The Morgan fingerprint density at radius 1 is 1.25 bits per heavy atom. The van der Waals surface area contributed by atoms with Crippen LogP contribution in [-0.2, 0) is 13.2 Å². The number of hydrogen-bond donors (Lipinski definition) is 1. The van der Waals surface area contributed by atoms with Crippen LogP contribution in [0.1, 0.15) is 10.4 Å². The summed E-state index contributed by atoms with van der Waals surface area (Å²) < 4.78 is 3.41. The minimum Gasteiger partial charge on any atom is -0.330 e. The van der Waals surface area contributed by atoms with Gasteiger partial charge in [0.25, 0.3) is 0 Å². The molecule has 0 unspecified atom stereocenters. The molecule has 0 spiro atoms. The van der Waals surface area contributed by atoms with Gasteiger partial charge in [0.2, 0.25) is 5.13 Å². The van der Waals surface area contributed by atoms with Crippen molar-refractivity contribution in [3.63, 3.8) is 0 Å². The quantitative estimate of drug-likeness (QED) is 0.555.